The Hall–Kier alpha value is -2.97. The van der Waals surface area contributed by atoms with Gasteiger partial charge in [-0.25, -0.2) is 17.8 Å². The molecule has 0 fully saturated rings. The van der Waals surface area contributed by atoms with E-state index in [-0.39, 0.29) is 17.2 Å². The lowest BCUT2D eigenvalue weighted by Crippen LogP contribution is -2.20. The maximum atomic E-state index is 12.6. The third-order valence-corrected chi connectivity index (χ3v) is 6.37. The van der Waals surface area contributed by atoms with E-state index >= 15 is 0 Å². The molecule has 0 radical (unpaired) electrons. The third-order valence-electron chi connectivity index (χ3n) is 4.81. The minimum Gasteiger partial charge on any atom is -0.326 e. The standard InChI is InChI=1S/C21H24N4O3S/c1-14-10-11-17(12-20(14)29(27,28)22-4)23-21(26)13-19-15(2)24-25(16(19)3)18-8-6-5-7-9-18/h5-12,22H,13H2,1-4H3,(H,23,26). The van der Waals surface area contributed by atoms with Crippen LogP contribution in [0.5, 0.6) is 0 Å². The summed E-state index contributed by atoms with van der Waals surface area (Å²) in [6.45, 7) is 5.51. The lowest BCUT2D eigenvalue weighted by atomic mass is 10.1. The van der Waals surface area contributed by atoms with Crippen LogP contribution < -0.4 is 10.0 Å². The molecule has 0 aliphatic heterocycles. The molecule has 0 aliphatic rings. The van der Waals surface area contributed by atoms with Crippen molar-refractivity contribution in [2.24, 2.45) is 0 Å². The SMILES string of the molecule is CNS(=O)(=O)c1cc(NC(=O)Cc2c(C)nn(-c3ccccc3)c2C)ccc1C. The van der Waals surface area contributed by atoms with Crippen LogP contribution in [0.1, 0.15) is 22.5 Å². The van der Waals surface area contributed by atoms with Gasteiger partial charge in [-0.05, 0) is 57.6 Å². The molecule has 0 bridgehead atoms. The van der Waals surface area contributed by atoms with E-state index in [1.165, 1.54) is 13.1 Å². The van der Waals surface area contributed by atoms with Crippen molar-refractivity contribution in [1.82, 2.24) is 14.5 Å². The summed E-state index contributed by atoms with van der Waals surface area (Å²) < 4.78 is 28.4. The molecule has 7 nitrogen and oxygen atoms in total. The van der Waals surface area contributed by atoms with Crippen molar-refractivity contribution in [2.75, 3.05) is 12.4 Å². The van der Waals surface area contributed by atoms with Crippen LogP contribution in [-0.2, 0) is 21.2 Å². The molecular formula is C21H24N4O3S. The van der Waals surface area contributed by atoms with Crippen LogP contribution in [0.4, 0.5) is 5.69 Å². The van der Waals surface area contributed by atoms with Crippen molar-refractivity contribution in [3.05, 3.63) is 71.0 Å². The van der Waals surface area contributed by atoms with E-state index in [0.29, 0.717) is 11.3 Å². The van der Waals surface area contributed by atoms with Gasteiger partial charge in [-0.1, -0.05) is 24.3 Å². The molecule has 29 heavy (non-hydrogen) atoms. The summed E-state index contributed by atoms with van der Waals surface area (Å²) >= 11 is 0. The van der Waals surface area contributed by atoms with E-state index in [4.69, 9.17) is 0 Å². The van der Waals surface area contributed by atoms with Crippen LogP contribution >= 0.6 is 0 Å². The van der Waals surface area contributed by atoms with Crippen LogP contribution in [0, 0.1) is 20.8 Å². The van der Waals surface area contributed by atoms with Gasteiger partial charge in [0.2, 0.25) is 15.9 Å². The fraction of sp³-hybridized carbons (Fsp3) is 0.238. The lowest BCUT2D eigenvalue weighted by molar-refractivity contribution is -0.115. The molecule has 3 rings (SSSR count). The second kappa shape index (κ2) is 8.18. The van der Waals surface area contributed by atoms with E-state index < -0.39 is 10.0 Å². The van der Waals surface area contributed by atoms with Crippen LogP contribution in [0.25, 0.3) is 5.69 Å². The number of carbonyl (C=O) groups is 1. The number of hydrogen-bond donors (Lipinski definition) is 2. The zero-order valence-electron chi connectivity index (χ0n) is 16.9. The van der Waals surface area contributed by atoms with Crippen molar-refractivity contribution in [3.63, 3.8) is 0 Å². The first kappa shape index (κ1) is 20.8. The average Bonchev–Trinajstić information content (AvgIpc) is 2.98. The molecule has 2 aromatic carbocycles. The number of amides is 1. The summed E-state index contributed by atoms with van der Waals surface area (Å²) in [4.78, 5) is 12.8. The van der Waals surface area contributed by atoms with Gasteiger partial charge in [0.25, 0.3) is 0 Å². The second-order valence-electron chi connectivity index (χ2n) is 6.81. The molecule has 0 saturated heterocycles. The van der Waals surface area contributed by atoms with Crippen LogP contribution in [-0.4, -0.2) is 31.2 Å². The number of carbonyl (C=O) groups excluding carboxylic acids is 1. The molecule has 0 atom stereocenters. The summed E-state index contributed by atoms with van der Waals surface area (Å²) in [6.07, 6.45) is 0.145. The first-order chi connectivity index (χ1) is 13.7. The maximum absolute atomic E-state index is 12.6. The number of nitrogens with zero attached hydrogens (tertiary/aromatic N) is 2. The highest BCUT2D eigenvalue weighted by molar-refractivity contribution is 7.89. The summed E-state index contributed by atoms with van der Waals surface area (Å²) in [5, 5.41) is 7.35. The molecular weight excluding hydrogens is 388 g/mol. The van der Waals surface area contributed by atoms with Crippen molar-refractivity contribution in [3.8, 4) is 5.69 Å². The summed E-state index contributed by atoms with van der Waals surface area (Å²) in [6, 6.07) is 14.6. The minimum absolute atomic E-state index is 0.141. The Morgan fingerprint density at radius 3 is 2.41 bits per heavy atom. The van der Waals surface area contributed by atoms with Crippen molar-refractivity contribution in [1.29, 1.82) is 0 Å². The molecule has 1 heterocycles. The number of nitrogens with one attached hydrogen (secondary N) is 2. The first-order valence-electron chi connectivity index (χ1n) is 9.17. The van der Waals surface area contributed by atoms with Gasteiger partial charge in [-0.3, -0.25) is 4.79 Å². The molecule has 1 amide bonds. The Labute approximate surface area is 170 Å². The number of aromatic nitrogens is 2. The normalized spacial score (nSPS) is 11.4. The smallest absolute Gasteiger partial charge is 0.240 e. The fourth-order valence-corrected chi connectivity index (χ4v) is 4.19. The predicted molar refractivity (Wildman–Crippen MR) is 113 cm³/mol. The molecule has 0 spiro atoms. The molecule has 0 aliphatic carbocycles. The Morgan fingerprint density at radius 2 is 1.76 bits per heavy atom. The number of anilines is 1. The van der Waals surface area contributed by atoms with Gasteiger partial charge in [0, 0.05) is 16.9 Å². The largest absolute Gasteiger partial charge is 0.326 e. The molecule has 3 aromatic rings. The molecule has 8 heteroatoms. The first-order valence-corrected chi connectivity index (χ1v) is 10.7. The van der Waals surface area contributed by atoms with Gasteiger partial charge in [0.05, 0.1) is 22.7 Å². The lowest BCUT2D eigenvalue weighted by Gasteiger charge is -2.11. The van der Waals surface area contributed by atoms with E-state index in [9.17, 15) is 13.2 Å². The zero-order valence-corrected chi connectivity index (χ0v) is 17.7. The maximum Gasteiger partial charge on any atom is 0.240 e. The van der Waals surface area contributed by atoms with Crippen LogP contribution in [0.3, 0.4) is 0 Å². The molecule has 2 N–H and O–H groups in total. The third kappa shape index (κ3) is 4.38. The van der Waals surface area contributed by atoms with E-state index in [1.54, 1.807) is 19.1 Å². The second-order valence-corrected chi connectivity index (χ2v) is 8.66. The number of hydrogen-bond acceptors (Lipinski definition) is 4. The number of rotatable bonds is 6. The topological polar surface area (TPSA) is 93.1 Å². The summed E-state index contributed by atoms with van der Waals surface area (Å²) in [5.41, 5.74) is 4.49. The van der Waals surface area contributed by atoms with Crippen LogP contribution in [0.2, 0.25) is 0 Å². The van der Waals surface area contributed by atoms with E-state index in [0.717, 1.165) is 22.6 Å². The average molecular weight is 413 g/mol. The Morgan fingerprint density at radius 1 is 1.07 bits per heavy atom. The Bertz CT molecular complexity index is 1150. The van der Waals surface area contributed by atoms with Crippen molar-refractivity contribution < 1.29 is 13.2 Å². The molecule has 0 unspecified atom stereocenters. The van der Waals surface area contributed by atoms with Gasteiger partial charge in [-0.2, -0.15) is 5.10 Å². The van der Waals surface area contributed by atoms with Gasteiger partial charge in [0.1, 0.15) is 0 Å². The van der Waals surface area contributed by atoms with Crippen molar-refractivity contribution in [2.45, 2.75) is 32.1 Å². The molecule has 1 aromatic heterocycles. The van der Waals surface area contributed by atoms with Crippen LogP contribution in [0.15, 0.2) is 53.4 Å². The highest BCUT2D eigenvalue weighted by Crippen LogP contribution is 2.22. The minimum atomic E-state index is -3.60. The zero-order chi connectivity index (χ0) is 21.2. The number of benzene rings is 2. The number of sulfonamides is 1. The monoisotopic (exact) mass is 412 g/mol. The van der Waals surface area contributed by atoms with Crippen molar-refractivity contribution >= 4 is 21.6 Å². The predicted octanol–water partition coefficient (Wildman–Crippen LogP) is 2.89. The quantitative estimate of drug-likeness (QED) is 0.651. The molecule has 0 saturated carbocycles. The fourth-order valence-electron chi connectivity index (χ4n) is 3.19. The molecule has 152 valence electrons. The van der Waals surface area contributed by atoms with Gasteiger partial charge < -0.3 is 5.32 Å². The Kier molecular flexibility index (Phi) is 5.86. The van der Waals surface area contributed by atoms with Gasteiger partial charge in [-0.15, -0.1) is 0 Å². The highest BCUT2D eigenvalue weighted by atomic mass is 32.2. The summed E-state index contributed by atoms with van der Waals surface area (Å²) in [7, 11) is -2.24. The highest BCUT2D eigenvalue weighted by Gasteiger charge is 2.18. The number of para-hydroxylation sites is 1. The van der Waals surface area contributed by atoms with E-state index in [2.05, 4.69) is 15.1 Å². The van der Waals surface area contributed by atoms with Gasteiger partial charge in [0.15, 0.2) is 0 Å². The van der Waals surface area contributed by atoms with Gasteiger partial charge >= 0.3 is 0 Å². The number of aryl methyl sites for hydroxylation is 2. The Balaban J connectivity index is 1.82. The van der Waals surface area contributed by atoms with E-state index in [1.807, 2.05) is 48.9 Å². The summed E-state index contributed by atoms with van der Waals surface area (Å²) in [5.74, 6) is -0.236.